The van der Waals surface area contributed by atoms with E-state index >= 15 is 0 Å². The predicted molar refractivity (Wildman–Crippen MR) is 73.0 cm³/mol. The molecule has 2 heterocycles. The molecule has 104 valence electrons. The third-order valence-electron chi connectivity index (χ3n) is 3.30. The van der Waals surface area contributed by atoms with Crippen LogP contribution in [-0.2, 0) is 4.74 Å². The topological polar surface area (TPSA) is 62.7 Å². The van der Waals surface area contributed by atoms with Gasteiger partial charge in [-0.2, -0.15) is 0 Å². The van der Waals surface area contributed by atoms with Crippen molar-refractivity contribution in [2.75, 3.05) is 18.1 Å². The van der Waals surface area contributed by atoms with E-state index in [1.54, 1.807) is 0 Å². The largest absolute Gasteiger partial charge is 0.478 e. The second kappa shape index (κ2) is 5.75. The number of carboxylic acid groups (broad SMARTS) is 1. The highest BCUT2D eigenvalue weighted by atomic mass is 35.5. The van der Waals surface area contributed by atoms with Gasteiger partial charge >= 0.3 is 5.97 Å². The van der Waals surface area contributed by atoms with Gasteiger partial charge in [0.1, 0.15) is 5.82 Å². The number of carboxylic acids is 1. The number of anilines is 1. The number of morpholine rings is 1. The molecule has 1 aliphatic heterocycles. The van der Waals surface area contributed by atoms with Crippen LogP contribution in [0.15, 0.2) is 12.3 Å². The molecule has 0 radical (unpaired) electrons. The van der Waals surface area contributed by atoms with Crippen LogP contribution in [0.1, 0.15) is 30.6 Å². The molecule has 6 heteroatoms. The first-order valence-corrected chi connectivity index (χ1v) is 6.67. The van der Waals surface area contributed by atoms with E-state index in [1.807, 2.05) is 6.92 Å². The number of pyridine rings is 1. The van der Waals surface area contributed by atoms with E-state index in [-0.39, 0.29) is 22.7 Å². The van der Waals surface area contributed by atoms with Crippen LogP contribution < -0.4 is 4.90 Å². The van der Waals surface area contributed by atoms with E-state index < -0.39 is 5.97 Å². The summed E-state index contributed by atoms with van der Waals surface area (Å²) in [5.41, 5.74) is 0.0839. The maximum atomic E-state index is 11.1. The van der Waals surface area contributed by atoms with E-state index in [2.05, 4.69) is 16.8 Å². The van der Waals surface area contributed by atoms with Crippen molar-refractivity contribution in [2.45, 2.75) is 32.4 Å². The standard InChI is InChI=1S/C13H17ClN2O3/c1-3-9-7-19-8(2)6-16(9)12-4-10(13(17)18)11(14)5-15-12/h4-5,8-9H,3,6-7H2,1-2H3,(H,17,18). The van der Waals surface area contributed by atoms with Crippen LogP contribution in [0.4, 0.5) is 5.82 Å². The third-order valence-corrected chi connectivity index (χ3v) is 3.61. The fraction of sp³-hybridized carbons (Fsp3) is 0.538. The Morgan fingerprint density at radius 3 is 3.05 bits per heavy atom. The van der Waals surface area contributed by atoms with E-state index in [4.69, 9.17) is 21.4 Å². The smallest absolute Gasteiger partial charge is 0.337 e. The summed E-state index contributed by atoms with van der Waals surface area (Å²) in [4.78, 5) is 17.5. The zero-order valence-electron chi connectivity index (χ0n) is 11.0. The molecular formula is C13H17ClN2O3. The highest BCUT2D eigenvalue weighted by Gasteiger charge is 2.27. The first kappa shape index (κ1) is 14.1. The number of hydrogen-bond acceptors (Lipinski definition) is 4. The molecule has 2 unspecified atom stereocenters. The first-order chi connectivity index (χ1) is 9.02. The summed E-state index contributed by atoms with van der Waals surface area (Å²) in [6.07, 6.45) is 2.42. The molecule has 5 nitrogen and oxygen atoms in total. The van der Waals surface area contributed by atoms with Crippen molar-refractivity contribution in [2.24, 2.45) is 0 Å². The van der Waals surface area contributed by atoms with Crippen LogP contribution in [0.2, 0.25) is 5.02 Å². The number of rotatable bonds is 3. The molecule has 1 aromatic rings. The summed E-state index contributed by atoms with van der Waals surface area (Å²) in [5.74, 6) is -0.396. The first-order valence-electron chi connectivity index (χ1n) is 6.30. The van der Waals surface area contributed by atoms with Crippen molar-refractivity contribution in [3.8, 4) is 0 Å². The predicted octanol–water partition coefficient (Wildman–Crippen LogP) is 2.44. The molecule has 1 fully saturated rings. The number of hydrogen-bond donors (Lipinski definition) is 1. The second-order valence-corrected chi connectivity index (χ2v) is 5.09. The van der Waals surface area contributed by atoms with Crippen LogP contribution in [0.5, 0.6) is 0 Å². The lowest BCUT2D eigenvalue weighted by Crippen LogP contribution is -2.49. The van der Waals surface area contributed by atoms with Crippen molar-refractivity contribution in [1.29, 1.82) is 0 Å². The molecule has 2 atom stereocenters. The molecule has 0 saturated carbocycles. The fourth-order valence-electron chi connectivity index (χ4n) is 2.21. The van der Waals surface area contributed by atoms with Crippen molar-refractivity contribution >= 4 is 23.4 Å². The monoisotopic (exact) mass is 284 g/mol. The molecule has 0 aliphatic carbocycles. The normalized spacial score (nSPS) is 23.4. The number of carbonyl (C=O) groups is 1. The van der Waals surface area contributed by atoms with Gasteiger partial charge in [0.25, 0.3) is 0 Å². The Kier molecular flexibility index (Phi) is 4.27. The van der Waals surface area contributed by atoms with Crippen molar-refractivity contribution in [3.05, 3.63) is 22.8 Å². The molecule has 0 amide bonds. The third kappa shape index (κ3) is 2.98. The lowest BCUT2D eigenvalue weighted by molar-refractivity contribution is 0.0296. The number of ether oxygens (including phenoxy) is 1. The molecule has 0 aromatic carbocycles. The zero-order chi connectivity index (χ0) is 14.0. The van der Waals surface area contributed by atoms with Gasteiger partial charge < -0.3 is 14.7 Å². The highest BCUT2D eigenvalue weighted by molar-refractivity contribution is 6.33. The van der Waals surface area contributed by atoms with Gasteiger partial charge in [-0.1, -0.05) is 18.5 Å². The van der Waals surface area contributed by atoms with Crippen molar-refractivity contribution in [1.82, 2.24) is 4.98 Å². The van der Waals surface area contributed by atoms with E-state index in [9.17, 15) is 4.79 Å². The SMILES string of the molecule is CCC1COC(C)CN1c1cc(C(=O)O)c(Cl)cn1. The Balaban J connectivity index is 2.33. The van der Waals surface area contributed by atoms with Gasteiger partial charge in [-0.25, -0.2) is 9.78 Å². The molecule has 19 heavy (non-hydrogen) atoms. The van der Waals surface area contributed by atoms with E-state index in [0.29, 0.717) is 19.0 Å². The average Bonchev–Trinajstić information content (AvgIpc) is 2.39. The summed E-state index contributed by atoms with van der Waals surface area (Å²) in [6.45, 7) is 5.40. The van der Waals surface area contributed by atoms with Gasteiger partial charge in [-0.3, -0.25) is 0 Å². The van der Waals surface area contributed by atoms with Gasteiger partial charge in [0.15, 0.2) is 0 Å². The van der Waals surface area contributed by atoms with Gasteiger partial charge in [-0.15, -0.1) is 0 Å². The van der Waals surface area contributed by atoms with Crippen LogP contribution in [-0.4, -0.2) is 41.4 Å². The lowest BCUT2D eigenvalue weighted by atomic mass is 10.1. The van der Waals surface area contributed by atoms with Gasteiger partial charge in [-0.05, 0) is 19.4 Å². The van der Waals surface area contributed by atoms with Crippen LogP contribution in [0.3, 0.4) is 0 Å². The molecule has 0 spiro atoms. The van der Waals surface area contributed by atoms with Gasteiger partial charge in [0, 0.05) is 12.7 Å². The minimum absolute atomic E-state index is 0.0839. The Bertz CT molecular complexity index is 481. The van der Waals surface area contributed by atoms with Crippen LogP contribution in [0.25, 0.3) is 0 Å². The van der Waals surface area contributed by atoms with Gasteiger partial charge in [0.2, 0.25) is 0 Å². The number of nitrogens with zero attached hydrogens (tertiary/aromatic N) is 2. The Morgan fingerprint density at radius 1 is 1.68 bits per heavy atom. The van der Waals surface area contributed by atoms with Crippen molar-refractivity contribution < 1.29 is 14.6 Å². The number of aromatic nitrogens is 1. The second-order valence-electron chi connectivity index (χ2n) is 4.69. The Hall–Kier alpha value is -1.33. The maximum absolute atomic E-state index is 11.1. The zero-order valence-corrected chi connectivity index (χ0v) is 11.7. The molecule has 0 bridgehead atoms. The highest BCUT2D eigenvalue weighted by Crippen LogP contribution is 2.25. The average molecular weight is 285 g/mol. The molecular weight excluding hydrogens is 268 g/mol. The molecule has 1 saturated heterocycles. The molecule has 1 N–H and O–H groups in total. The Morgan fingerprint density at radius 2 is 2.42 bits per heavy atom. The summed E-state index contributed by atoms with van der Waals surface area (Å²) >= 11 is 5.84. The fourth-order valence-corrected chi connectivity index (χ4v) is 2.40. The van der Waals surface area contributed by atoms with Crippen molar-refractivity contribution in [3.63, 3.8) is 0 Å². The number of halogens is 1. The molecule has 1 aliphatic rings. The summed E-state index contributed by atoms with van der Waals surface area (Å²) < 4.78 is 5.62. The maximum Gasteiger partial charge on any atom is 0.337 e. The summed E-state index contributed by atoms with van der Waals surface area (Å²) in [7, 11) is 0. The van der Waals surface area contributed by atoms with Crippen LogP contribution in [0, 0.1) is 0 Å². The van der Waals surface area contributed by atoms with Crippen LogP contribution >= 0.6 is 11.6 Å². The van der Waals surface area contributed by atoms with E-state index in [0.717, 1.165) is 6.42 Å². The lowest BCUT2D eigenvalue weighted by Gasteiger charge is -2.39. The minimum atomic E-state index is -1.04. The minimum Gasteiger partial charge on any atom is -0.478 e. The quantitative estimate of drug-likeness (QED) is 0.924. The Labute approximate surface area is 117 Å². The number of aromatic carboxylic acids is 1. The summed E-state index contributed by atoms with van der Waals surface area (Å²) in [6, 6.07) is 1.75. The summed E-state index contributed by atoms with van der Waals surface area (Å²) in [5, 5.41) is 9.27. The van der Waals surface area contributed by atoms with Gasteiger partial charge in [0.05, 0.1) is 29.3 Å². The molecule has 1 aromatic heterocycles. The van der Waals surface area contributed by atoms with E-state index in [1.165, 1.54) is 12.3 Å². The molecule has 2 rings (SSSR count).